The van der Waals surface area contributed by atoms with Gasteiger partial charge in [-0.3, -0.25) is 14.6 Å². The van der Waals surface area contributed by atoms with Crippen LogP contribution in [0.4, 0.5) is 0 Å². The zero-order valence-corrected chi connectivity index (χ0v) is 19.8. The van der Waals surface area contributed by atoms with Gasteiger partial charge in [-0.25, -0.2) is 0 Å². The van der Waals surface area contributed by atoms with Crippen LogP contribution in [0.5, 0.6) is 5.88 Å². The van der Waals surface area contributed by atoms with Gasteiger partial charge < -0.3 is 20.1 Å². The molecule has 1 saturated heterocycles. The molecule has 1 aromatic carbocycles. The van der Waals surface area contributed by atoms with Gasteiger partial charge in [0.1, 0.15) is 13.2 Å². The van der Waals surface area contributed by atoms with Gasteiger partial charge in [-0.05, 0) is 31.0 Å². The van der Waals surface area contributed by atoms with Crippen LogP contribution in [-0.2, 0) is 16.1 Å². The van der Waals surface area contributed by atoms with E-state index in [9.17, 15) is 9.59 Å². The first kappa shape index (κ1) is 23.4. The Morgan fingerprint density at radius 2 is 1.86 bits per heavy atom. The number of hydrogen-bond donors (Lipinski definition) is 1. The van der Waals surface area contributed by atoms with Crippen molar-refractivity contribution in [2.45, 2.75) is 19.4 Å². The molecule has 0 atom stereocenters. The largest absolute Gasteiger partial charge is 0.470 e. The molecule has 5 rings (SSSR count). The zero-order valence-electron chi connectivity index (χ0n) is 19.8. The van der Waals surface area contributed by atoms with Crippen molar-refractivity contribution in [3.8, 4) is 5.88 Å². The lowest BCUT2D eigenvalue weighted by Crippen LogP contribution is -2.27. The number of benzene rings is 1. The molecule has 4 aromatic rings. The van der Waals surface area contributed by atoms with Gasteiger partial charge in [0.05, 0.1) is 17.0 Å². The number of nitrogens with two attached hydrogens (primary N) is 1. The number of hydrogen-bond acceptors (Lipinski definition) is 9. The predicted molar refractivity (Wildman–Crippen MR) is 131 cm³/mol. The molecule has 1 fully saturated rings. The summed E-state index contributed by atoms with van der Waals surface area (Å²) in [5.74, 6) is 0.240. The molecular weight excluding hydrogens is 462 g/mol. The first-order valence-corrected chi connectivity index (χ1v) is 11.6. The maximum Gasteiger partial charge on any atom is 0.255 e. The fraction of sp³-hybridized carbons (Fsp3) is 0.280. The molecule has 0 spiro atoms. The van der Waals surface area contributed by atoms with E-state index >= 15 is 0 Å². The van der Waals surface area contributed by atoms with Crippen LogP contribution in [0.1, 0.15) is 34.7 Å². The number of methoxy groups -OCH3 is 1. The van der Waals surface area contributed by atoms with Gasteiger partial charge in [0.15, 0.2) is 11.4 Å². The van der Waals surface area contributed by atoms with Crippen LogP contribution in [0.2, 0.25) is 0 Å². The fourth-order valence-corrected chi connectivity index (χ4v) is 4.14. The Balaban J connectivity index is 1.42. The summed E-state index contributed by atoms with van der Waals surface area (Å²) in [6.07, 6.45) is 4.89. The summed E-state index contributed by atoms with van der Waals surface area (Å²) in [5, 5.41) is 14.4. The Morgan fingerprint density at radius 3 is 2.58 bits per heavy atom. The van der Waals surface area contributed by atoms with E-state index in [0.29, 0.717) is 22.8 Å². The Bertz CT molecular complexity index is 1460. The highest BCUT2D eigenvalue weighted by Crippen LogP contribution is 2.27. The van der Waals surface area contributed by atoms with Gasteiger partial charge in [0.2, 0.25) is 11.7 Å². The van der Waals surface area contributed by atoms with Gasteiger partial charge in [-0.2, -0.15) is 4.52 Å². The summed E-state index contributed by atoms with van der Waals surface area (Å²) >= 11 is 0. The maximum absolute atomic E-state index is 12.6. The zero-order chi connectivity index (χ0) is 25.1. The van der Waals surface area contributed by atoms with Crippen molar-refractivity contribution in [3.05, 3.63) is 65.8 Å². The van der Waals surface area contributed by atoms with Crippen molar-refractivity contribution in [3.63, 3.8) is 0 Å². The van der Waals surface area contributed by atoms with Gasteiger partial charge in [0, 0.05) is 43.2 Å². The monoisotopic (exact) mass is 487 g/mol. The second kappa shape index (κ2) is 10.1. The quantitative estimate of drug-likeness (QED) is 0.370. The summed E-state index contributed by atoms with van der Waals surface area (Å²) in [4.78, 5) is 30.8. The number of nitrogens with zero attached hydrogens (tertiary/aromatic N) is 6. The highest BCUT2D eigenvalue weighted by Gasteiger charge is 2.20. The molecule has 0 unspecified atom stereocenters. The van der Waals surface area contributed by atoms with E-state index < -0.39 is 0 Å². The van der Waals surface area contributed by atoms with Crippen LogP contribution >= 0.6 is 0 Å². The average Bonchev–Trinajstić information content (AvgIpc) is 3.58. The average molecular weight is 488 g/mol. The van der Waals surface area contributed by atoms with Crippen LogP contribution in [-0.4, -0.2) is 68.2 Å². The molecular formula is C25H25N7O4. The van der Waals surface area contributed by atoms with Crippen LogP contribution in [0, 0.1) is 0 Å². The van der Waals surface area contributed by atoms with Crippen molar-refractivity contribution >= 4 is 33.8 Å². The van der Waals surface area contributed by atoms with E-state index in [1.54, 1.807) is 18.3 Å². The lowest BCUT2D eigenvalue weighted by Gasteiger charge is -2.15. The summed E-state index contributed by atoms with van der Waals surface area (Å²) in [7, 11) is 1.43. The molecule has 0 saturated carbocycles. The van der Waals surface area contributed by atoms with Crippen LogP contribution in [0.15, 0.2) is 48.7 Å². The molecule has 11 nitrogen and oxygen atoms in total. The summed E-state index contributed by atoms with van der Waals surface area (Å²) in [6, 6.07) is 11.0. The minimum Gasteiger partial charge on any atom is -0.470 e. The van der Waals surface area contributed by atoms with Crippen molar-refractivity contribution in [1.29, 1.82) is 0 Å². The molecule has 0 radical (unpaired) electrons. The molecule has 4 heterocycles. The third kappa shape index (κ3) is 4.60. The van der Waals surface area contributed by atoms with E-state index in [0.717, 1.165) is 36.7 Å². The first-order chi connectivity index (χ1) is 17.5. The Kier molecular flexibility index (Phi) is 6.54. The van der Waals surface area contributed by atoms with E-state index in [-0.39, 0.29) is 36.4 Å². The Labute approximate surface area is 206 Å². The van der Waals surface area contributed by atoms with Crippen molar-refractivity contribution in [1.82, 2.24) is 29.7 Å². The van der Waals surface area contributed by atoms with Crippen LogP contribution in [0.25, 0.3) is 22.1 Å². The Hall–Kier alpha value is -4.38. The van der Waals surface area contributed by atoms with E-state index in [1.807, 2.05) is 29.2 Å². The molecule has 0 aliphatic carbocycles. The topological polar surface area (TPSA) is 138 Å². The maximum atomic E-state index is 12.6. The Morgan fingerprint density at radius 1 is 1.08 bits per heavy atom. The molecule has 1 aliphatic heterocycles. The minimum atomic E-state index is -0.304. The number of ether oxygens (including phenoxy) is 2. The number of fused-ring (bicyclic) bond motifs is 3. The van der Waals surface area contributed by atoms with Crippen LogP contribution < -0.4 is 10.5 Å². The summed E-state index contributed by atoms with van der Waals surface area (Å²) < 4.78 is 12.3. The molecule has 0 bridgehead atoms. The molecule has 36 heavy (non-hydrogen) atoms. The second-order valence-corrected chi connectivity index (χ2v) is 8.43. The van der Waals surface area contributed by atoms with E-state index in [4.69, 9.17) is 15.2 Å². The fourth-order valence-electron chi connectivity index (χ4n) is 4.14. The van der Waals surface area contributed by atoms with Gasteiger partial charge in [-0.1, -0.05) is 18.2 Å². The van der Waals surface area contributed by atoms with E-state index in [2.05, 4.69) is 20.3 Å². The minimum absolute atomic E-state index is 0.000317. The second-order valence-electron chi connectivity index (χ2n) is 8.43. The molecule has 1 aliphatic rings. The smallest absolute Gasteiger partial charge is 0.255 e. The van der Waals surface area contributed by atoms with Gasteiger partial charge in [0.25, 0.3) is 5.91 Å². The highest BCUT2D eigenvalue weighted by atomic mass is 16.5. The highest BCUT2D eigenvalue weighted by molar-refractivity contribution is 5.98. The molecule has 1 amide bonds. The predicted octanol–water partition coefficient (Wildman–Crippen LogP) is 2.00. The third-order valence-electron chi connectivity index (χ3n) is 5.91. The van der Waals surface area contributed by atoms with Crippen molar-refractivity contribution < 1.29 is 19.1 Å². The lowest BCUT2D eigenvalue weighted by molar-refractivity contribution is -0.117. The number of carbonyl (C=O) groups is 2. The number of pyridine rings is 1. The number of aromatic nitrogens is 5. The SMILES string of the molecule is COCC(=O)C=C(N)c1nnc2c3ccccc3c(OCc3ccc(C(=O)N4CCCC4)cn3)nn12. The standard InChI is InChI=1S/C25H25N7O4/c1-35-15-18(33)12-21(26)23-29-28-22-19-6-2-3-7-20(19)24(30-32(22)23)36-14-17-9-8-16(13-27-17)25(34)31-10-4-5-11-31/h2-3,6-9,12-13H,4-5,10-11,14-15,26H2,1H3. The van der Waals surface area contributed by atoms with Gasteiger partial charge >= 0.3 is 0 Å². The summed E-state index contributed by atoms with van der Waals surface area (Å²) in [6.45, 7) is 1.61. The summed E-state index contributed by atoms with van der Waals surface area (Å²) in [5.41, 5.74) is 7.91. The van der Waals surface area contributed by atoms with Crippen LogP contribution in [0.3, 0.4) is 0 Å². The van der Waals surface area contributed by atoms with Crippen molar-refractivity contribution in [2.24, 2.45) is 5.73 Å². The third-order valence-corrected chi connectivity index (χ3v) is 5.91. The molecule has 3 aromatic heterocycles. The van der Waals surface area contributed by atoms with Crippen molar-refractivity contribution in [2.75, 3.05) is 26.8 Å². The molecule has 11 heteroatoms. The molecule has 184 valence electrons. The number of rotatable bonds is 8. The first-order valence-electron chi connectivity index (χ1n) is 11.6. The lowest BCUT2D eigenvalue weighted by atomic mass is 10.2. The normalized spacial score (nSPS) is 14.0. The van der Waals surface area contributed by atoms with E-state index in [1.165, 1.54) is 17.7 Å². The number of carbonyl (C=O) groups excluding carboxylic acids is 2. The number of amides is 1. The number of ketones is 1. The number of likely N-dealkylation sites (tertiary alicyclic amines) is 1. The molecule has 2 N–H and O–H groups in total. The van der Waals surface area contributed by atoms with Gasteiger partial charge in [-0.15, -0.1) is 15.3 Å².